The molecule has 162 valence electrons. The molecule has 2 atom stereocenters. The third-order valence-corrected chi connectivity index (χ3v) is 6.26. The summed E-state index contributed by atoms with van der Waals surface area (Å²) >= 11 is 10.6. The van der Waals surface area contributed by atoms with Crippen LogP contribution in [0.4, 0.5) is 15.6 Å². The fourth-order valence-electron chi connectivity index (χ4n) is 2.74. The number of carbonyl (C=O) groups is 2. The molecule has 1 heterocycles. The van der Waals surface area contributed by atoms with Crippen LogP contribution in [-0.4, -0.2) is 28.2 Å². The van der Waals surface area contributed by atoms with Gasteiger partial charge >= 0.3 is 6.03 Å². The molecule has 31 heavy (non-hydrogen) atoms. The van der Waals surface area contributed by atoms with Crippen molar-refractivity contribution in [1.29, 1.82) is 0 Å². The van der Waals surface area contributed by atoms with Gasteiger partial charge in [0.2, 0.25) is 11.0 Å². The average Bonchev–Trinajstić information content (AvgIpc) is 3.21. The van der Waals surface area contributed by atoms with Gasteiger partial charge in [-0.1, -0.05) is 71.3 Å². The second kappa shape index (κ2) is 10.7. The predicted octanol–water partition coefficient (Wildman–Crippen LogP) is 5.80. The topological polar surface area (TPSA) is 96.0 Å². The first-order valence-electron chi connectivity index (χ1n) is 9.59. The normalized spacial score (nSPS) is 12.6. The molecule has 1 aromatic heterocycles. The maximum absolute atomic E-state index is 12.9. The Morgan fingerprint density at radius 2 is 1.87 bits per heavy atom. The highest BCUT2D eigenvalue weighted by Gasteiger charge is 2.27. The van der Waals surface area contributed by atoms with Crippen LogP contribution in [0.2, 0.25) is 5.02 Å². The third-order valence-electron chi connectivity index (χ3n) is 4.61. The number of amides is 3. The number of hydrogen-bond acceptors (Lipinski definition) is 5. The minimum atomic E-state index is -0.737. The summed E-state index contributed by atoms with van der Waals surface area (Å²) in [7, 11) is 0. The molecule has 2 unspecified atom stereocenters. The first kappa shape index (κ1) is 23.2. The molecular weight excluding hydrogens is 502 g/mol. The molecule has 0 spiro atoms. The quantitative estimate of drug-likeness (QED) is 0.366. The minimum Gasteiger partial charge on any atom is -0.326 e. The summed E-state index contributed by atoms with van der Waals surface area (Å²) in [5.41, 5.74) is 1.44. The van der Waals surface area contributed by atoms with Gasteiger partial charge in [-0.2, -0.15) is 0 Å². The summed E-state index contributed by atoms with van der Waals surface area (Å²) in [6.45, 7) is 3.86. The van der Waals surface area contributed by atoms with Crippen LogP contribution in [-0.2, 0) is 4.79 Å². The van der Waals surface area contributed by atoms with Crippen molar-refractivity contribution in [1.82, 2.24) is 15.5 Å². The lowest BCUT2D eigenvalue weighted by molar-refractivity contribution is -0.119. The molecule has 2 aromatic carbocycles. The SMILES string of the molecule is CCC(C)C(NC(=O)Nc1ccc(Br)cc1)C(=O)Nc1nnc(-c2cccc(Cl)c2)s1. The van der Waals surface area contributed by atoms with Crippen LogP contribution in [0.15, 0.2) is 53.0 Å². The van der Waals surface area contributed by atoms with Gasteiger partial charge in [-0.25, -0.2) is 4.79 Å². The van der Waals surface area contributed by atoms with E-state index in [9.17, 15) is 9.59 Å². The van der Waals surface area contributed by atoms with Crippen molar-refractivity contribution in [2.45, 2.75) is 26.3 Å². The predicted molar refractivity (Wildman–Crippen MR) is 129 cm³/mol. The molecule has 10 heteroatoms. The van der Waals surface area contributed by atoms with Gasteiger partial charge in [-0.05, 0) is 42.3 Å². The van der Waals surface area contributed by atoms with Crippen molar-refractivity contribution in [3.05, 3.63) is 58.0 Å². The van der Waals surface area contributed by atoms with Crippen molar-refractivity contribution in [2.24, 2.45) is 5.92 Å². The van der Waals surface area contributed by atoms with Crippen LogP contribution in [0.25, 0.3) is 10.6 Å². The molecule has 0 bridgehead atoms. The molecule has 0 aliphatic rings. The number of carbonyl (C=O) groups excluding carboxylic acids is 2. The minimum absolute atomic E-state index is 0.0870. The molecule has 0 saturated heterocycles. The molecule has 3 rings (SSSR count). The van der Waals surface area contributed by atoms with Crippen molar-refractivity contribution in [2.75, 3.05) is 10.6 Å². The van der Waals surface area contributed by atoms with Crippen LogP contribution in [0.3, 0.4) is 0 Å². The van der Waals surface area contributed by atoms with Crippen LogP contribution < -0.4 is 16.0 Å². The summed E-state index contributed by atoms with van der Waals surface area (Å²) in [4.78, 5) is 25.4. The first-order valence-corrected chi connectivity index (χ1v) is 11.6. The van der Waals surface area contributed by atoms with Gasteiger partial charge in [0, 0.05) is 20.7 Å². The van der Waals surface area contributed by atoms with Crippen molar-refractivity contribution in [3.63, 3.8) is 0 Å². The summed E-state index contributed by atoms with van der Waals surface area (Å²) < 4.78 is 0.907. The maximum atomic E-state index is 12.9. The van der Waals surface area contributed by atoms with E-state index in [1.807, 2.05) is 38.1 Å². The fraction of sp³-hybridized carbons (Fsp3) is 0.238. The van der Waals surface area contributed by atoms with E-state index >= 15 is 0 Å². The Bertz CT molecular complexity index is 1060. The molecule has 7 nitrogen and oxygen atoms in total. The Balaban J connectivity index is 1.67. The highest BCUT2D eigenvalue weighted by molar-refractivity contribution is 9.10. The van der Waals surface area contributed by atoms with E-state index in [2.05, 4.69) is 42.1 Å². The zero-order chi connectivity index (χ0) is 22.4. The number of halogens is 2. The third kappa shape index (κ3) is 6.49. The second-order valence-electron chi connectivity index (χ2n) is 6.88. The molecule has 0 radical (unpaired) electrons. The van der Waals surface area contributed by atoms with Gasteiger partial charge < -0.3 is 10.6 Å². The monoisotopic (exact) mass is 521 g/mol. The maximum Gasteiger partial charge on any atom is 0.319 e. The van der Waals surface area contributed by atoms with E-state index in [-0.39, 0.29) is 11.8 Å². The molecule has 0 saturated carbocycles. The van der Waals surface area contributed by atoms with Crippen molar-refractivity contribution in [3.8, 4) is 10.6 Å². The van der Waals surface area contributed by atoms with Crippen LogP contribution in [0, 0.1) is 5.92 Å². The highest BCUT2D eigenvalue weighted by Crippen LogP contribution is 2.28. The van der Waals surface area contributed by atoms with E-state index < -0.39 is 12.1 Å². The molecule has 3 N–H and O–H groups in total. The zero-order valence-corrected chi connectivity index (χ0v) is 20.0. The van der Waals surface area contributed by atoms with Crippen LogP contribution in [0.5, 0.6) is 0 Å². The Kier molecular flexibility index (Phi) is 8.00. The fourth-order valence-corrected chi connectivity index (χ4v) is 3.94. The Hall–Kier alpha value is -2.49. The van der Waals surface area contributed by atoms with Crippen molar-refractivity contribution < 1.29 is 9.59 Å². The number of anilines is 2. The number of nitrogens with one attached hydrogen (secondary N) is 3. The van der Waals surface area contributed by atoms with Crippen LogP contribution in [0.1, 0.15) is 20.3 Å². The van der Waals surface area contributed by atoms with E-state index in [1.165, 1.54) is 11.3 Å². The summed E-state index contributed by atoms with van der Waals surface area (Å²) in [6.07, 6.45) is 0.709. The smallest absolute Gasteiger partial charge is 0.319 e. The molecule has 3 amide bonds. The lowest BCUT2D eigenvalue weighted by Crippen LogP contribution is -2.49. The van der Waals surface area contributed by atoms with Gasteiger partial charge in [0.1, 0.15) is 11.0 Å². The lowest BCUT2D eigenvalue weighted by atomic mass is 9.98. The van der Waals surface area contributed by atoms with E-state index in [0.29, 0.717) is 27.3 Å². The Morgan fingerprint density at radius 1 is 1.13 bits per heavy atom. The van der Waals surface area contributed by atoms with Crippen molar-refractivity contribution >= 4 is 61.6 Å². The average molecular weight is 523 g/mol. The standard InChI is InChI=1S/C21H21BrClN5O2S/c1-3-12(2)17(25-20(30)24-16-9-7-14(22)8-10-16)18(29)26-21-28-27-19(31-21)13-5-4-6-15(23)11-13/h4-12,17H,3H2,1-2H3,(H2,24,25,30)(H,26,28,29). The van der Waals surface area contributed by atoms with E-state index in [1.54, 1.807) is 24.3 Å². The van der Waals surface area contributed by atoms with E-state index in [0.717, 1.165) is 10.0 Å². The van der Waals surface area contributed by atoms with Crippen LogP contribution >= 0.6 is 38.9 Å². The lowest BCUT2D eigenvalue weighted by Gasteiger charge is -2.23. The largest absolute Gasteiger partial charge is 0.326 e. The summed E-state index contributed by atoms with van der Waals surface area (Å²) in [6, 6.07) is 13.2. The molecule has 0 aliphatic heterocycles. The van der Waals surface area contributed by atoms with Gasteiger partial charge in [-0.3, -0.25) is 10.1 Å². The molecule has 0 fully saturated rings. The Labute approximate surface area is 197 Å². The molecule has 3 aromatic rings. The van der Waals surface area contributed by atoms with E-state index in [4.69, 9.17) is 11.6 Å². The number of benzene rings is 2. The molecular formula is C21H21BrClN5O2S. The number of rotatable bonds is 7. The first-order chi connectivity index (χ1) is 14.9. The second-order valence-corrected chi connectivity index (χ2v) is 9.21. The number of urea groups is 1. The van der Waals surface area contributed by atoms with Gasteiger partial charge in [0.05, 0.1) is 0 Å². The highest BCUT2D eigenvalue weighted by atomic mass is 79.9. The summed E-state index contributed by atoms with van der Waals surface area (Å²) in [5, 5.41) is 18.0. The number of aromatic nitrogens is 2. The summed E-state index contributed by atoms with van der Waals surface area (Å²) in [5.74, 6) is -0.440. The number of nitrogens with zero attached hydrogens (tertiary/aromatic N) is 2. The molecule has 0 aliphatic carbocycles. The van der Waals surface area contributed by atoms with Gasteiger partial charge in [0.15, 0.2) is 0 Å². The zero-order valence-electron chi connectivity index (χ0n) is 16.9. The van der Waals surface area contributed by atoms with Gasteiger partial charge in [0.25, 0.3) is 0 Å². The number of hydrogen-bond donors (Lipinski definition) is 3. The van der Waals surface area contributed by atoms with Gasteiger partial charge in [-0.15, -0.1) is 10.2 Å². The Morgan fingerprint density at radius 3 is 2.55 bits per heavy atom.